The number of nitrogens with one attached hydrogen (secondary N) is 1. The largest absolute Gasteiger partial charge is 0.448 e. The number of anilines is 2. The van der Waals surface area contributed by atoms with Gasteiger partial charge in [-0.25, -0.2) is 4.98 Å². The van der Waals surface area contributed by atoms with Gasteiger partial charge in [0, 0.05) is 24.5 Å². The molecule has 1 aromatic carbocycles. The van der Waals surface area contributed by atoms with E-state index in [2.05, 4.69) is 27.3 Å². The maximum Gasteiger partial charge on any atom is 0.232 e. The summed E-state index contributed by atoms with van der Waals surface area (Å²) < 4.78 is 5.18. The van der Waals surface area contributed by atoms with Gasteiger partial charge in [0.1, 0.15) is 5.76 Å². The lowest BCUT2D eigenvalue weighted by Gasteiger charge is -2.17. The summed E-state index contributed by atoms with van der Waals surface area (Å²) in [5, 5.41) is 2.88. The SMILES string of the molecule is Cc1ncoc1CC(=O)Nc1ccc(N2CCCC2)cc1. The molecule has 1 saturated heterocycles. The lowest BCUT2D eigenvalue weighted by atomic mass is 10.2. The molecule has 2 heterocycles. The first-order chi connectivity index (χ1) is 10.2. The lowest BCUT2D eigenvalue weighted by molar-refractivity contribution is -0.115. The third kappa shape index (κ3) is 3.24. The fourth-order valence-electron chi connectivity index (χ4n) is 2.58. The second-order valence-electron chi connectivity index (χ2n) is 5.33. The first kappa shape index (κ1) is 13.7. The summed E-state index contributed by atoms with van der Waals surface area (Å²) in [5.74, 6) is 0.518. The summed E-state index contributed by atoms with van der Waals surface area (Å²) >= 11 is 0. The number of oxazole rings is 1. The third-order valence-electron chi connectivity index (χ3n) is 3.79. The van der Waals surface area contributed by atoms with Crippen molar-refractivity contribution < 1.29 is 9.21 Å². The number of benzene rings is 1. The van der Waals surface area contributed by atoms with Crippen molar-refractivity contribution in [1.82, 2.24) is 4.98 Å². The average Bonchev–Trinajstić information content (AvgIpc) is 3.12. The fourth-order valence-corrected chi connectivity index (χ4v) is 2.58. The van der Waals surface area contributed by atoms with Crippen LogP contribution < -0.4 is 10.2 Å². The van der Waals surface area contributed by atoms with Gasteiger partial charge in [0.25, 0.3) is 0 Å². The molecular formula is C16H19N3O2. The Labute approximate surface area is 124 Å². The van der Waals surface area contributed by atoms with E-state index < -0.39 is 0 Å². The molecule has 0 unspecified atom stereocenters. The minimum absolute atomic E-state index is 0.0937. The quantitative estimate of drug-likeness (QED) is 0.938. The van der Waals surface area contributed by atoms with Gasteiger partial charge in [-0.15, -0.1) is 0 Å². The van der Waals surface area contributed by atoms with E-state index in [1.807, 2.05) is 19.1 Å². The van der Waals surface area contributed by atoms with Gasteiger partial charge in [0.05, 0.1) is 12.1 Å². The zero-order valence-electron chi connectivity index (χ0n) is 12.1. The molecular weight excluding hydrogens is 266 g/mol. The number of aromatic nitrogens is 1. The molecule has 0 atom stereocenters. The number of amides is 1. The molecule has 2 aromatic rings. The second-order valence-corrected chi connectivity index (χ2v) is 5.33. The monoisotopic (exact) mass is 285 g/mol. The van der Waals surface area contributed by atoms with Gasteiger partial charge in [-0.1, -0.05) is 0 Å². The Kier molecular flexibility index (Phi) is 3.90. The van der Waals surface area contributed by atoms with Crippen molar-refractivity contribution in [1.29, 1.82) is 0 Å². The number of hydrogen-bond acceptors (Lipinski definition) is 4. The van der Waals surface area contributed by atoms with Crippen LogP contribution in [0.4, 0.5) is 11.4 Å². The number of nitrogens with zero attached hydrogens (tertiary/aromatic N) is 2. The van der Waals surface area contributed by atoms with Crippen molar-refractivity contribution in [3.63, 3.8) is 0 Å². The molecule has 1 fully saturated rings. The number of hydrogen-bond donors (Lipinski definition) is 1. The van der Waals surface area contributed by atoms with Gasteiger partial charge in [-0.05, 0) is 44.0 Å². The molecule has 1 aliphatic rings. The van der Waals surface area contributed by atoms with E-state index in [4.69, 9.17) is 4.42 Å². The van der Waals surface area contributed by atoms with Crippen molar-refractivity contribution >= 4 is 17.3 Å². The van der Waals surface area contributed by atoms with Gasteiger partial charge in [0.2, 0.25) is 5.91 Å². The van der Waals surface area contributed by atoms with Crippen molar-refractivity contribution in [2.45, 2.75) is 26.2 Å². The van der Waals surface area contributed by atoms with Gasteiger partial charge in [-0.3, -0.25) is 4.79 Å². The Balaban J connectivity index is 1.59. The predicted octanol–water partition coefficient (Wildman–Crippen LogP) is 2.76. The van der Waals surface area contributed by atoms with Crippen molar-refractivity contribution in [2.24, 2.45) is 0 Å². The van der Waals surface area contributed by atoms with Gasteiger partial charge >= 0.3 is 0 Å². The summed E-state index contributed by atoms with van der Waals surface area (Å²) in [6, 6.07) is 8.00. The molecule has 0 aliphatic carbocycles. The summed E-state index contributed by atoms with van der Waals surface area (Å²) in [6.07, 6.45) is 4.09. The number of rotatable bonds is 4. The highest BCUT2D eigenvalue weighted by Gasteiger charge is 2.13. The van der Waals surface area contributed by atoms with Crippen LogP contribution in [0.15, 0.2) is 35.1 Å². The van der Waals surface area contributed by atoms with E-state index >= 15 is 0 Å². The molecule has 21 heavy (non-hydrogen) atoms. The summed E-state index contributed by atoms with van der Waals surface area (Å²) in [4.78, 5) is 18.3. The molecule has 0 bridgehead atoms. The smallest absolute Gasteiger partial charge is 0.232 e. The van der Waals surface area contributed by atoms with Crippen molar-refractivity contribution in [3.05, 3.63) is 42.1 Å². The minimum atomic E-state index is -0.0937. The summed E-state index contributed by atoms with van der Waals surface area (Å²) in [5.41, 5.74) is 2.78. The molecule has 1 amide bonds. The third-order valence-corrected chi connectivity index (χ3v) is 3.79. The van der Waals surface area contributed by atoms with Gasteiger partial charge in [-0.2, -0.15) is 0 Å². The normalized spacial score (nSPS) is 14.4. The molecule has 1 aliphatic heterocycles. The van der Waals surface area contributed by atoms with Crippen molar-refractivity contribution in [2.75, 3.05) is 23.3 Å². The Morgan fingerprint density at radius 2 is 2.00 bits per heavy atom. The minimum Gasteiger partial charge on any atom is -0.448 e. The highest BCUT2D eigenvalue weighted by Crippen LogP contribution is 2.22. The van der Waals surface area contributed by atoms with E-state index in [1.54, 1.807) is 0 Å². The van der Waals surface area contributed by atoms with E-state index in [0.29, 0.717) is 5.76 Å². The molecule has 5 heteroatoms. The van der Waals surface area contributed by atoms with E-state index in [0.717, 1.165) is 24.5 Å². The van der Waals surface area contributed by atoms with Crippen LogP contribution in [0.1, 0.15) is 24.3 Å². The maximum atomic E-state index is 12.0. The molecule has 1 aromatic heterocycles. The molecule has 1 N–H and O–H groups in total. The molecule has 0 saturated carbocycles. The van der Waals surface area contributed by atoms with Crippen LogP contribution in [-0.4, -0.2) is 24.0 Å². The lowest BCUT2D eigenvalue weighted by Crippen LogP contribution is -2.18. The zero-order chi connectivity index (χ0) is 14.7. The molecule has 110 valence electrons. The van der Waals surface area contributed by atoms with E-state index in [9.17, 15) is 4.79 Å². The predicted molar refractivity (Wildman–Crippen MR) is 81.5 cm³/mol. The van der Waals surface area contributed by atoms with Gasteiger partial charge in [0.15, 0.2) is 6.39 Å². The molecule has 0 spiro atoms. The van der Waals surface area contributed by atoms with Gasteiger partial charge < -0.3 is 14.6 Å². The molecule has 5 nitrogen and oxygen atoms in total. The highest BCUT2D eigenvalue weighted by molar-refractivity contribution is 5.92. The zero-order valence-corrected chi connectivity index (χ0v) is 12.1. The Bertz CT molecular complexity index is 613. The van der Waals surface area contributed by atoms with Crippen LogP contribution in [0.25, 0.3) is 0 Å². The Morgan fingerprint density at radius 1 is 1.29 bits per heavy atom. The highest BCUT2D eigenvalue weighted by atomic mass is 16.3. The Morgan fingerprint density at radius 3 is 2.62 bits per heavy atom. The first-order valence-electron chi connectivity index (χ1n) is 7.26. The number of carbonyl (C=O) groups is 1. The Hall–Kier alpha value is -2.30. The molecule has 0 radical (unpaired) electrons. The van der Waals surface area contributed by atoms with Crippen LogP contribution >= 0.6 is 0 Å². The van der Waals surface area contributed by atoms with Crippen LogP contribution in [-0.2, 0) is 11.2 Å². The van der Waals surface area contributed by atoms with E-state index in [-0.39, 0.29) is 12.3 Å². The fraction of sp³-hybridized carbons (Fsp3) is 0.375. The topological polar surface area (TPSA) is 58.4 Å². The van der Waals surface area contributed by atoms with E-state index in [1.165, 1.54) is 24.9 Å². The second kappa shape index (κ2) is 5.99. The summed E-state index contributed by atoms with van der Waals surface area (Å²) in [7, 11) is 0. The van der Waals surface area contributed by atoms with Crippen LogP contribution in [0.3, 0.4) is 0 Å². The van der Waals surface area contributed by atoms with Crippen molar-refractivity contribution in [3.8, 4) is 0 Å². The van der Waals surface area contributed by atoms with Crippen LogP contribution in [0, 0.1) is 6.92 Å². The summed E-state index contributed by atoms with van der Waals surface area (Å²) in [6.45, 7) is 4.07. The first-order valence-corrected chi connectivity index (χ1v) is 7.26. The average molecular weight is 285 g/mol. The number of carbonyl (C=O) groups excluding carboxylic acids is 1. The van der Waals surface area contributed by atoms with Crippen LogP contribution in [0.5, 0.6) is 0 Å². The van der Waals surface area contributed by atoms with Crippen LogP contribution in [0.2, 0.25) is 0 Å². The number of aryl methyl sites for hydroxylation is 1. The molecule has 3 rings (SSSR count). The maximum absolute atomic E-state index is 12.0. The standard InChI is InChI=1S/C16H19N3O2/c1-12-15(21-11-17-12)10-16(20)18-13-4-6-14(7-5-13)19-8-2-3-9-19/h4-7,11H,2-3,8-10H2,1H3,(H,18,20).